The number of hydrogen-bond acceptors (Lipinski definition) is 4. The summed E-state index contributed by atoms with van der Waals surface area (Å²) in [7, 11) is 0. The number of aliphatic hydroxyl groups excluding tert-OH is 1. The molecule has 0 unspecified atom stereocenters. The number of rotatable bonds is 3. The minimum absolute atomic E-state index is 0.0623. The Morgan fingerprint density at radius 1 is 1.46 bits per heavy atom. The third kappa shape index (κ3) is 1.62. The van der Waals surface area contributed by atoms with Gasteiger partial charge in [0.2, 0.25) is 0 Å². The summed E-state index contributed by atoms with van der Waals surface area (Å²) in [6.07, 6.45) is 2.06. The van der Waals surface area contributed by atoms with Crippen molar-refractivity contribution in [3.63, 3.8) is 0 Å². The molecule has 0 saturated heterocycles. The van der Waals surface area contributed by atoms with Gasteiger partial charge in [0, 0.05) is 12.5 Å². The Kier molecular flexibility index (Phi) is 2.14. The van der Waals surface area contributed by atoms with Crippen LogP contribution < -0.4 is 0 Å². The topological polar surface area (TPSA) is 59.4 Å². The van der Waals surface area contributed by atoms with Crippen molar-refractivity contribution < 1.29 is 14.0 Å². The van der Waals surface area contributed by atoms with Crippen LogP contribution in [-0.4, -0.2) is 16.9 Å². The summed E-state index contributed by atoms with van der Waals surface area (Å²) in [5.74, 6) is 1.34. The monoisotopic (exact) mass is 179 g/mol. The number of aromatic nitrogens is 1. The third-order valence-electron chi connectivity index (χ3n) is 1.69. The number of furan rings is 1. The summed E-state index contributed by atoms with van der Waals surface area (Å²) in [5.41, 5.74) is 0.661. The maximum atomic E-state index is 8.65. The Balaban J connectivity index is 2.23. The van der Waals surface area contributed by atoms with Crippen molar-refractivity contribution in [3.05, 3.63) is 30.2 Å². The molecule has 0 aliphatic rings. The van der Waals surface area contributed by atoms with E-state index < -0.39 is 0 Å². The van der Waals surface area contributed by atoms with Crippen LogP contribution in [0.5, 0.6) is 0 Å². The van der Waals surface area contributed by atoms with Crippen LogP contribution in [0.4, 0.5) is 0 Å². The van der Waals surface area contributed by atoms with E-state index in [2.05, 4.69) is 5.16 Å². The van der Waals surface area contributed by atoms with Crippen LogP contribution in [-0.2, 0) is 6.42 Å². The van der Waals surface area contributed by atoms with Crippen molar-refractivity contribution in [2.75, 3.05) is 6.61 Å². The number of hydrogen-bond donors (Lipinski definition) is 1. The lowest BCUT2D eigenvalue weighted by Crippen LogP contribution is -1.86. The molecule has 0 aliphatic carbocycles. The third-order valence-corrected chi connectivity index (χ3v) is 1.69. The highest BCUT2D eigenvalue weighted by Crippen LogP contribution is 2.19. The Hall–Kier alpha value is -1.55. The molecule has 0 bridgehead atoms. The quantitative estimate of drug-likeness (QED) is 0.775. The van der Waals surface area contributed by atoms with E-state index in [-0.39, 0.29) is 6.61 Å². The normalized spacial score (nSPS) is 10.5. The second-order valence-corrected chi connectivity index (χ2v) is 2.63. The predicted molar refractivity (Wildman–Crippen MR) is 45.0 cm³/mol. The maximum absolute atomic E-state index is 8.65. The zero-order valence-corrected chi connectivity index (χ0v) is 6.93. The fourth-order valence-electron chi connectivity index (χ4n) is 1.08. The summed E-state index contributed by atoms with van der Waals surface area (Å²) in [6.45, 7) is 0.0623. The van der Waals surface area contributed by atoms with Gasteiger partial charge >= 0.3 is 0 Å². The average Bonchev–Trinajstić information content (AvgIpc) is 2.70. The van der Waals surface area contributed by atoms with E-state index in [0.29, 0.717) is 23.6 Å². The van der Waals surface area contributed by atoms with Crippen molar-refractivity contribution in [3.8, 4) is 11.5 Å². The van der Waals surface area contributed by atoms with Crippen LogP contribution in [0.15, 0.2) is 33.4 Å². The fraction of sp³-hybridized carbons (Fsp3) is 0.222. The van der Waals surface area contributed by atoms with Crippen LogP contribution in [0.2, 0.25) is 0 Å². The minimum atomic E-state index is 0.0623. The molecule has 68 valence electrons. The van der Waals surface area contributed by atoms with Gasteiger partial charge in [0.25, 0.3) is 0 Å². The van der Waals surface area contributed by atoms with Crippen LogP contribution in [0.1, 0.15) is 5.76 Å². The number of nitrogens with zero attached hydrogens (tertiary/aromatic N) is 1. The molecule has 0 radical (unpaired) electrons. The molecule has 4 heteroatoms. The smallest absolute Gasteiger partial charge is 0.155 e. The Morgan fingerprint density at radius 3 is 3.08 bits per heavy atom. The van der Waals surface area contributed by atoms with E-state index in [4.69, 9.17) is 14.0 Å². The highest BCUT2D eigenvalue weighted by atomic mass is 16.5. The van der Waals surface area contributed by atoms with Crippen molar-refractivity contribution in [1.82, 2.24) is 5.16 Å². The zero-order valence-electron chi connectivity index (χ0n) is 6.93. The molecule has 0 aromatic carbocycles. The molecule has 0 spiro atoms. The standard InChI is InChI=1S/C9H9NO3/c11-4-3-7-6-8(10-13-7)9-2-1-5-12-9/h1-2,5-6,11H,3-4H2. The summed E-state index contributed by atoms with van der Waals surface area (Å²) in [6, 6.07) is 5.35. The molecule has 0 atom stereocenters. The minimum Gasteiger partial charge on any atom is -0.463 e. The Morgan fingerprint density at radius 2 is 2.38 bits per heavy atom. The lowest BCUT2D eigenvalue weighted by Gasteiger charge is -1.84. The fourth-order valence-corrected chi connectivity index (χ4v) is 1.08. The highest BCUT2D eigenvalue weighted by molar-refractivity contribution is 5.50. The van der Waals surface area contributed by atoms with Gasteiger partial charge in [-0.2, -0.15) is 0 Å². The van der Waals surface area contributed by atoms with Crippen molar-refractivity contribution in [2.45, 2.75) is 6.42 Å². The van der Waals surface area contributed by atoms with Crippen LogP contribution in [0, 0.1) is 0 Å². The second-order valence-electron chi connectivity index (χ2n) is 2.63. The van der Waals surface area contributed by atoms with Crippen molar-refractivity contribution in [1.29, 1.82) is 0 Å². The maximum Gasteiger partial charge on any atom is 0.155 e. The first-order valence-electron chi connectivity index (χ1n) is 4.00. The summed E-state index contributed by atoms with van der Waals surface area (Å²) >= 11 is 0. The van der Waals surface area contributed by atoms with E-state index in [9.17, 15) is 0 Å². The van der Waals surface area contributed by atoms with E-state index in [1.807, 2.05) is 0 Å². The SMILES string of the molecule is OCCc1cc(-c2ccco2)no1. The highest BCUT2D eigenvalue weighted by Gasteiger charge is 2.07. The number of aliphatic hydroxyl groups is 1. The largest absolute Gasteiger partial charge is 0.463 e. The van der Waals surface area contributed by atoms with Gasteiger partial charge in [-0.25, -0.2) is 0 Å². The van der Waals surface area contributed by atoms with Gasteiger partial charge in [-0.3, -0.25) is 0 Å². The molecule has 4 nitrogen and oxygen atoms in total. The molecule has 0 amide bonds. The van der Waals surface area contributed by atoms with E-state index in [1.165, 1.54) is 0 Å². The lowest BCUT2D eigenvalue weighted by atomic mass is 10.3. The van der Waals surface area contributed by atoms with Crippen LogP contribution >= 0.6 is 0 Å². The molecule has 0 fully saturated rings. The molecule has 0 aliphatic heterocycles. The van der Waals surface area contributed by atoms with E-state index >= 15 is 0 Å². The lowest BCUT2D eigenvalue weighted by molar-refractivity contribution is 0.277. The summed E-state index contributed by atoms with van der Waals surface area (Å²) in [4.78, 5) is 0. The first kappa shape index (κ1) is 8.07. The average molecular weight is 179 g/mol. The van der Waals surface area contributed by atoms with E-state index in [1.54, 1.807) is 24.5 Å². The molecular weight excluding hydrogens is 170 g/mol. The van der Waals surface area contributed by atoms with Gasteiger partial charge in [-0.1, -0.05) is 5.16 Å². The van der Waals surface area contributed by atoms with Crippen molar-refractivity contribution >= 4 is 0 Å². The molecule has 13 heavy (non-hydrogen) atoms. The molecule has 2 aromatic heterocycles. The molecule has 2 rings (SSSR count). The van der Waals surface area contributed by atoms with E-state index in [0.717, 1.165) is 0 Å². The molecule has 2 heterocycles. The first-order valence-corrected chi connectivity index (χ1v) is 4.00. The Labute approximate surface area is 74.8 Å². The Bertz CT molecular complexity index is 364. The zero-order chi connectivity index (χ0) is 9.10. The van der Waals surface area contributed by atoms with Gasteiger partial charge in [0.1, 0.15) is 11.5 Å². The molecule has 1 N–H and O–H groups in total. The van der Waals surface area contributed by atoms with Crippen molar-refractivity contribution in [2.24, 2.45) is 0 Å². The first-order chi connectivity index (χ1) is 6.40. The van der Waals surface area contributed by atoms with Gasteiger partial charge < -0.3 is 14.0 Å². The van der Waals surface area contributed by atoms with Gasteiger partial charge in [-0.15, -0.1) is 0 Å². The summed E-state index contributed by atoms with van der Waals surface area (Å²) < 4.78 is 10.1. The van der Waals surface area contributed by atoms with Crippen LogP contribution in [0.3, 0.4) is 0 Å². The molecule has 0 saturated carbocycles. The van der Waals surface area contributed by atoms with Gasteiger partial charge in [0.05, 0.1) is 12.9 Å². The van der Waals surface area contributed by atoms with Gasteiger partial charge in [0.15, 0.2) is 5.76 Å². The van der Waals surface area contributed by atoms with Crippen LogP contribution in [0.25, 0.3) is 11.5 Å². The molecule has 2 aromatic rings. The molecular formula is C9H9NO3. The predicted octanol–water partition coefficient (Wildman–Crippen LogP) is 1.47. The van der Waals surface area contributed by atoms with Gasteiger partial charge in [-0.05, 0) is 12.1 Å². The second kappa shape index (κ2) is 3.45. The summed E-state index contributed by atoms with van der Waals surface area (Å²) in [5, 5.41) is 12.4.